The van der Waals surface area contributed by atoms with Crippen LogP contribution in [0.25, 0.3) is 10.8 Å². The van der Waals surface area contributed by atoms with Gasteiger partial charge in [-0.15, -0.1) is 0 Å². The Balaban J connectivity index is 1.72. The summed E-state index contributed by atoms with van der Waals surface area (Å²) >= 11 is 0. The van der Waals surface area contributed by atoms with E-state index in [1.54, 1.807) is 24.3 Å². The summed E-state index contributed by atoms with van der Waals surface area (Å²) in [6.45, 7) is 3.85. The zero-order valence-corrected chi connectivity index (χ0v) is 14.5. The summed E-state index contributed by atoms with van der Waals surface area (Å²) in [5, 5.41) is 14.2. The second-order valence-electron chi connectivity index (χ2n) is 5.96. The molecule has 6 nitrogen and oxygen atoms in total. The van der Waals surface area contributed by atoms with Gasteiger partial charge < -0.3 is 10.4 Å². The first-order chi connectivity index (χ1) is 12.5. The molecule has 6 heteroatoms. The van der Waals surface area contributed by atoms with Crippen molar-refractivity contribution >= 4 is 28.4 Å². The fourth-order valence-electron chi connectivity index (χ4n) is 2.71. The Hall–Kier alpha value is -3.54. The summed E-state index contributed by atoms with van der Waals surface area (Å²) in [4.78, 5) is 24.5. The molecule has 0 radical (unpaired) electrons. The van der Waals surface area contributed by atoms with Crippen LogP contribution in [0.15, 0.2) is 54.6 Å². The van der Waals surface area contributed by atoms with Crippen LogP contribution >= 0.6 is 0 Å². The molecule has 3 aromatic carbocycles. The van der Waals surface area contributed by atoms with Gasteiger partial charge in [0, 0.05) is 5.69 Å². The molecule has 0 saturated carbocycles. The average Bonchev–Trinajstić information content (AvgIpc) is 2.63. The number of urea groups is 1. The molecule has 0 spiro atoms. The third kappa shape index (κ3) is 3.44. The van der Waals surface area contributed by atoms with E-state index in [0.29, 0.717) is 11.1 Å². The summed E-state index contributed by atoms with van der Waals surface area (Å²) in [5.74, 6) is -0.756. The van der Waals surface area contributed by atoms with Crippen LogP contribution in [0.3, 0.4) is 0 Å². The van der Waals surface area contributed by atoms with Crippen molar-refractivity contribution < 1.29 is 14.7 Å². The standard InChI is InChI=1S/C20H19N3O3/c1-12-6-5-9-16(13(12)2)21-20(26)23-22-19(25)18-15-8-4-3-7-14(15)10-11-17(18)24/h3-11,24H,1-2H3,(H,22,25)(H2,21,23,26). The van der Waals surface area contributed by atoms with E-state index >= 15 is 0 Å². The second-order valence-corrected chi connectivity index (χ2v) is 5.96. The third-order valence-electron chi connectivity index (χ3n) is 4.28. The number of fused-ring (bicyclic) bond motifs is 1. The van der Waals surface area contributed by atoms with Crippen LogP contribution in [0.4, 0.5) is 10.5 Å². The van der Waals surface area contributed by atoms with Crippen molar-refractivity contribution in [3.63, 3.8) is 0 Å². The number of carbonyl (C=O) groups excluding carboxylic acids is 2. The molecule has 0 fully saturated rings. The first-order valence-corrected chi connectivity index (χ1v) is 8.11. The predicted molar refractivity (Wildman–Crippen MR) is 101 cm³/mol. The van der Waals surface area contributed by atoms with E-state index in [0.717, 1.165) is 16.5 Å². The van der Waals surface area contributed by atoms with E-state index in [1.807, 2.05) is 38.1 Å². The first kappa shape index (κ1) is 17.3. The number of hydrogen-bond donors (Lipinski definition) is 4. The molecule has 0 bridgehead atoms. The van der Waals surface area contributed by atoms with Crippen LogP contribution in [0.5, 0.6) is 5.75 Å². The van der Waals surface area contributed by atoms with Crippen LogP contribution in [0, 0.1) is 13.8 Å². The van der Waals surface area contributed by atoms with E-state index in [1.165, 1.54) is 6.07 Å². The lowest BCUT2D eigenvalue weighted by Gasteiger charge is -2.13. The number of hydrogen-bond acceptors (Lipinski definition) is 3. The van der Waals surface area contributed by atoms with E-state index in [9.17, 15) is 14.7 Å². The molecule has 0 saturated heterocycles. The molecule has 26 heavy (non-hydrogen) atoms. The minimum absolute atomic E-state index is 0.107. The van der Waals surface area contributed by atoms with Crippen molar-refractivity contribution in [2.75, 3.05) is 5.32 Å². The number of aryl methyl sites for hydroxylation is 1. The highest BCUT2D eigenvalue weighted by molar-refractivity contribution is 6.09. The predicted octanol–water partition coefficient (Wildman–Crippen LogP) is 3.63. The molecule has 132 valence electrons. The number of phenols is 1. The monoisotopic (exact) mass is 349 g/mol. The summed E-state index contributed by atoms with van der Waals surface area (Å²) in [6, 6.07) is 15.4. The van der Waals surface area contributed by atoms with E-state index in [-0.39, 0.29) is 11.3 Å². The first-order valence-electron chi connectivity index (χ1n) is 8.11. The van der Waals surface area contributed by atoms with Gasteiger partial charge in [-0.1, -0.05) is 42.5 Å². The van der Waals surface area contributed by atoms with Crippen molar-refractivity contribution in [1.82, 2.24) is 10.9 Å². The fraction of sp³-hybridized carbons (Fsp3) is 0.100. The van der Waals surface area contributed by atoms with E-state index in [4.69, 9.17) is 0 Å². The zero-order valence-electron chi connectivity index (χ0n) is 14.5. The van der Waals surface area contributed by atoms with Gasteiger partial charge in [-0.25, -0.2) is 10.2 Å². The topological polar surface area (TPSA) is 90.5 Å². The largest absolute Gasteiger partial charge is 0.507 e. The number of carbonyl (C=O) groups is 2. The lowest BCUT2D eigenvalue weighted by molar-refractivity contribution is 0.0937. The highest BCUT2D eigenvalue weighted by Gasteiger charge is 2.16. The quantitative estimate of drug-likeness (QED) is 0.533. The van der Waals surface area contributed by atoms with Crippen molar-refractivity contribution in [2.45, 2.75) is 13.8 Å². The number of rotatable bonds is 2. The number of phenolic OH excluding ortho intramolecular Hbond substituents is 1. The molecule has 0 aliphatic carbocycles. The third-order valence-corrected chi connectivity index (χ3v) is 4.28. The fourth-order valence-corrected chi connectivity index (χ4v) is 2.71. The minimum Gasteiger partial charge on any atom is -0.507 e. The summed E-state index contributed by atoms with van der Waals surface area (Å²) < 4.78 is 0. The van der Waals surface area contributed by atoms with Gasteiger partial charge in [0.25, 0.3) is 5.91 Å². The van der Waals surface area contributed by atoms with Crippen molar-refractivity contribution in [3.05, 3.63) is 71.3 Å². The van der Waals surface area contributed by atoms with Crippen LogP contribution in [-0.2, 0) is 0 Å². The number of hydrazine groups is 1. The van der Waals surface area contributed by atoms with Crippen molar-refractivity contribution in [3.8, 4) is 5.75 Å². The molecule has 0 atom stereocenters. The van der Waals surface area contributed by atoms with Crippen LogP contribution < -0.4 is 16.2 Å². The lowest BCUT2D eigenvalue weighted by atomic mass is 10.0. The van der Waals surface area contributed by atoms with E-state index < -0.39 is 11.9 Å². The maximum absolute atomic E-state index is 12.4. The Kier molecular flexibility index (Phi) is 4.75. The SMILES string of the molecule is Cc1cccc(NC(=O)NNC(=O)c2c(O)ccc3ccccc23)c1C. The smallest absolute Gasteiger partial charge is 0.337 e. The maximum atomic E-state index is 12.4. The molecular formula is C20H19N3O3. The second kappa shape index (κ2) is 7.14. The highest BCUT2D eigenvalue weighted by Crippen LogP contribution is 2.26. The van der Waals surface area contributed by atoms with Crippen molar-refractivity contribution in [2.24, 2.45) is 0 Å². The van der Waals surface area contributed by atoms with Gasteiger partial charge in [0.05, 0.1) is 5.56 Å². The van der Waals surface area contributed by atoms with E-state index in [2.05, 4.69) is 16.2 Å². The lowest BCUT2D eigenvalue weighted by Crippen LogP contribution is -2.44. The number of aromatic hydroxyl groups is 1. The molecule has 3 rings (SSSR count). The Labute approximate surface area is 150 Å². The number of benzene rings is 3. The molecule has 3 amide bonds. The van der Waals surface area contributed by atoms with Crippen LogP contribution in [0.2, 0.25) is 0 Å². The average molecular weight is 349 g/mol. The number of nitrogens with one attached hydrogen (secondary N) is 3. The van der Waals surface area contributed by atoms with Gasteiger partial charge in [-0.05, 0) is 47.9 Å². The Morgan fingerprint density at radius 1 is 0.885 bits per heavy atom. The van der Waals surface area contributed by atoms with Crippen LogP contribution in [0.1, 0.15) is 21.5 Å². The minimum atomic E-state index is -0.601. The van der Waals surface area contributed by atoms with Crippen molar-refractivity contribution in [1.29, 1.82) is 0 Å². The Morgan fingerprint density at radius 2 is 1.65 bits per heavy atom. The van der Waals surface area contributed by atoms with Crippen LogP contribution in [-0.4, -0.2) is 17.0 Å². The zero-order chi connectivity index (χ0) is 18.7. The number of amides is 3. The highest BCUT2D eigenvalue weighted by atomic mass is 16.3. The summed E-state index contributed by atoms with van der Waals surface area (Å²) in [6.07, 6.45) is 0. The molecular weight excluding hydrogens is 330 g/mol. The van der Waals surface area contributed by atoms with Gasteiger partial charge in [0.1, 0.15) is 5.75 Å². The van der Waals surface area contributed by atoms with Gasteiger partial charge in [-0.3, -0.25) is 10.2 Å². The Bertz CT molecular complexity index is 999. The molecule has 3 aromatic rings. The van der Waals surface area contributed by atoms with Gasteiger partial charge >= 0.3 is 6.03 Å². The van der Waals surface area contributed by atoms with Gasteiger partial charge in [-0.2, -0.15) is 0 Å². The molecule has 0 unspecified atom stereocenters. The molecule has 4 N–H and O–H groups in total. The molecule has 0 heterocycles. The van der Waals surface area contributed by atoms with Gasteiger partial charge in [0.2, 0.25) is 0 Å². The summed E-state index contributed by atoms with van der Waals surface area (Å²) in [7, 11) is 0. The Morgan fingerprint density at radius 3 is 2.46 bits per heavy atom. The van der Waals surface area contributed by atoms with Gasteiger partial charge in [0.15, 0.2) is 0 Å². The molecule has 0 aliphatic rings. The molecule has 0 aromatic heterocycles. The summed E-state index contributed by atoms with van der Waals surface area (Å²) in [5.41, 5.74) is 7.39. The number of anilines is 1. The maximum Gasteiger partial charge on any atom is 0.337 e. The molecule has 0 aliphatic heterocycles. The normalized spacial score (nSPS) is 10.4.